The molecule has 1 saturated heterocycles. The molecule has 0 bridgehead atoms. The van der Waals surface area contributed by atoms with Crippen LogP contribution in [-0.4, -0.2) is 36.4 Å². The van der Waals surface area contributed by atoms with E-state index in [4.69, 9.17) is 0 Å². The summed E-state index contributed by atoms with van der Waals surface area (Å²) in [5.74, 6) is 1.93. The number of carbonyl (C=O) groups is 1. The summed E-state index contributed by atoms with van der Waals surface area (Å²) in [4.78, 5) is 19.2. The van der Waals surface area contributed by atoms with E-state index in [2.05, 4.69) is 21.3 Å². The minimum Gasteiger partial charge on any atom is -0.351 e. The number of Topliss-reactive ketones (excluding diaryl/α,β-unsaturated/α-hetero) is 1. The van der Waals surface area contributed by atoms with Gasteiger partial charge in [0.15, 0.2) is 0 Å². The van der Waals surface area contributed by atoms with Crippen LogP contribution < -0.4 is 10.2 Å². The number of hydrogen-bond acceptors (Lipinski definition) is 4. The maximum absolute atomic E-state index is 12.1. The molecule has 4 nitrogen and oxygen atoms in total. The fourth-order valence-electron chi connectivity index (χ4n) is 3.55. The van der Waals surface area contributed by atoms with E-state index in [0.717, 1.165) is 44.7 Å². The molecule has 0 radical (unpaired) electrons. The van der Waals surface area contributed by atoms with Crippen LogP contribution in [0.3, 0.4) is 0 Å². The highest BCUT2D eigenvalue weighted by Gasteiger charge is 2.33. The van der Waals surface area contributed by atoms with Crippen molar-refractivity contribution in [3.8, 4) is 0 Å². The van der Waals surface area contributed by atoms with E-state index in [-0.39, 0.29) is 0 Å². The van der Waals surface area contributed by atoms with Crippen LogP contribution in [0.5, 0.6) is 0 Å². The van der Waals surface area contributed by atoms with E-state index in [1.165, 1.54) is 17.5 Å². The van der Waals surface area contributed by atoms with Crippen molar-refractivity contribution in [2.75, 3.05) is 24.5 Å². The molecular formula is C16H21N3O. The fourth-order valence-corrected chi connectivity index (χ4v) is 3.55. The first-order valence-corrected chi connectivity index (χ1v) is 7.80. The third-order valence-corrected chi connectivity index (χ3v) is 4.88. The number of rotatable bonds is 3. The molecule has 0 amide bonds. The van der Waals surface area contributed by atoms with Crippen molar-refractivity contribution in [2.24, 2.45) is 5.92 Å². The van der Waals surface area contributed by atoms with Crippen LogP contribution in [0.1, 0.15) is 30.4 Å². The fraction of sp³-hybridized carbons (Fsp3) is 0.625. The van der Waals surface area contributed by atoms with Gasteiger partial charge in [-0.25, -0.2) is 4.98 Å². The van der Waals surface area contributed by atoms with Crippen LogP contribution >= 0.6 is 0 Å². The van der Waals surface area contributed by atoms with Gasteiger partial charge in [0.25, 0.3) is 0 Å². The van der Waals surface area contributed by atoms with E-state index in [9.17, 15) is 4.79 Å². The van der Waals surface area contributed by atoms with Gasteiger partial charge in [0.1, 0.15) is 11.6 Å². The molecule has 1 N–H and O–H groups in total. The van der Waals surface area contributed by atoms with Gasteiger partial charge in [-0.05, 0) is 42.9 Å². The molecule has 4 heteroatoms. The zero-order chi connectivity index (χ0) is 13.5. The number of hydrogen-bond donors (Lipinski definition) is 1. The minimum atomic E-state index is 0.356. The predicted octanol–water partition coefficient (Wildman–Crippen LogP) is 1.33. The molecule has 0 unspecified atom stereocenters. The van der Waals surface area contributed by atoms with E-state index in [1.54, 1.807) is 0 Å². The maximum atomic E-state index is 12.1. The Morgan fingerprint density at radius 1 is 1.40 bits per heavy atom. The Hall–Kier alpha value is -1.42. The molecule has 0 spiro atoms. The van der Waals surface area contributed by atoms with Crippen LogP contribution in [0.15, 0.2) is 12.3 Å². The van der Waals surface area contributed by atoms with Crippen LogP contribution in [-0.2, 0) is 17.6 Å². The summed E-state index contributed by atoms with van der Waals surface area (Å²) in [5.41, 5.74) is 2.56. The molecule has 2 fully saturated rings. The van der Waals surface area contributed by atoms with Crippen LogP contribution in [0, 0.1) is 5.92 Å². The molecule has 4 rings (SSSR count). The first-order chi connectivity index (χ1) is 9.83. The number of carbonyl (C=O) groups excluding carboxylic acids is 1. The Balaban J connectivity index is 1.63. The van der Waals surface area contributed by atoms with Crippen molar-refractivity contribution in [3.63, 3.8) is 0 Å². The lowest BCUT2D eigenvalue weighted by molar-refractivity contribution is -0.119. The summed E-state index contributed by atoms with van der Waals surface area (Å²) in [5, 5.41) is 3.46. The molecule has 0 aromatic carbocycles. The summed E-state index contributed by atoms with van der Waals surface area (Å²) in [7, 11) is 0. The molecule has 3 aliphatic rings. The number of nitrogens with zero attached hydrogens (tertiary/aromatic N) is 2. The third-order valence-electron chi connectivity index (χ3n) is 4.88. The molecule has 2 aliphatic heterocycles. The lowest BCUT2D eigenvalue weighted by Gasteiger charge is -2.41. The average molecular weight is 271 g/mol. The molecule has 1 atom stereocenters. The molecule has 20 heavy (non-hydrogen) atoms. The van der Waals surface area contributed by atoms with Crippen molar-refractivity contribution in [1.29, 1.82) is 0 Å². The second-order valence-corrected chi connectivity index (χ2v) is 6.28. The number of ketones is 1. The van der Waals surface area contributed by atoms with Crippen LogP contribution in [0.2, 0.25) is 0 Å². The molecule has 1 aromatic rings. The van der Waals surface area contributed by atoms with Gasteiger partial charge in [-0.15, -0.1) is 0 Å². The van der Waals surface area contributed by atoms with Gasteiger partial charge in [0, 0.05) is 44.2 Å². The number of anilines is 1. The van der Waals surface area contributed by atoms with E-state index in [1.807, 2.05) is 6.20 Å². The van der Waals surface area contributed by atoms with Crippen molar-refractivity contribution in [2.45, 2.75) is 38.1 Å². The summed E-state index contributed by atoms with van der Waals surface area (Å²) >= 11 is 0. The van der Waals surface area contributed by atoms with Crippen molar-refractivity contribution < 1.29 is 4.79 Å². The van der Waals surface area contributed by atoms with Crippen LogP contribution in [0.4, 0.5) is 5.82 Å². The Labute approximate surface area is 119 Å². The lowest BCUT2D eigenvalue weighted by Crippen LogP contribution is -2.53. The van der Waals surface area contributed by atoms with Gasteiger partial charge in [-0.3, -0.25) is 4.79 Å². The normalized spacial score (nSPS) is 25.0. The second-order valence-electron chi connectivity index (χ2n) is 6.28. The van der Waals surface area contributed by atoms with Gasteiger partial charge < -0.3 is 10.2 Å². The van der Waals surface area contributed by atoms with Crippen molar-refractivity contribution in [1.82, 2.24) is 10.3 Å². The first kappa shape index (κ1) is 12.3. The number of pyridine rings is 1. The Morgan fingerprint density at radius 2 is 2.30 bits per heavy atom. The number of nitrogens with one attached hydrogen (secondary N) is 1. The highest BCUT2D eigenvalue weighted by atomic mass is 16.1. The summed E-state index contributed by atoms with van der Waals surface area (Å²) in [6.07, 6.45) is 6.96. The summed E-state index contributed by atoms with van der Waals surface area (Å²) in [6.45, 7) is 3.12. The molecule has 1 saturated carbocycles. The summed E-state index contributed by atoms with van der Waals surface area (Å²) < 4.78 is 0. The highest BCUT2D eigenvalue weighted by Crippen LogP contribution is 2.34. The van der Waals surface area contributed by atoms with Crippen LogP contribution in [0.25, 0.3) is 0 Å². The molecule has 1 aromatic heterocycles. The van der Waals surface area contributed by atoms with Gasteiger partial charge in [-0.1, -0.05) is 0 Å². The van der Waals surface area contributed by atoms with Gasteiger partial charge in [0.2, 0.25) is 0 Å². The average Bonchev–Trinajstić information content (AvgIpc) is 3.32. The molecule has 1 aliphatic carbocycles. The van der Waals surface area contributed by atoms with Crippen molar-refractivity contribution in [3.05, 3.63) is 23.4 Å². The summed E-state index contributed by atoms with van der Waals surface area (Å²) in [6, 6.07) is 2.64. The smallest absolute Gasteiger partial charge is 0.140 e. The van der Waals surface area contributed by atoms with E-state index >= 15 is 0 Å². The predicted molar refractivity (Wildman–Crippen MR) is 78.0 cm³/mol. The number of aromatic nitrogens is 1. The Morgan fingerprint density at radius 3 is 3.15 bits per heavy atom. The lowest BCUT2D eigenvalue weighted by atomic mass is 9.91. The largest absolute Gasteiger partial charge is 0.351 e. The number of piperazine rings is 1. The van der Waals surface area contributed by atoms with Gasteiger partial charge in [0.05, 0.1) is 0 Å². The van der Waals surface area contributed by atoms with Gasteiger partial charge >= 0.3 is 0 Å². The Kier molecular flexibility index (Phi) is 2.99. The number of fused-ring (bicyclic) bond motifs is 3. The SMILES string of the molecule is O=C(Cc1ccnc2c1CC[C@@H]1CNCCN21)C1CC1. The minimum absolute atomic E-state index is 0.356. The van der Waals surface area contributed by atoms with E-state index in [0.29, 0.717) is 24.2 Å². The third kappa shape index (κ3) is 2.12. The topological polar surface area (TPSA) is 45.2 Å². The standard InChI is InChI=1S/C16H21N3O/c20-15(11-1-2-11)9-12-5-6-18-16-14(12)4-3-13-10-17-7-8-19(13)16/h5-6,11,13,17H,1-4,7-10H2/t13-/m1/s1. The van der Waals surface area contributed by atoms with Gasteiger partial charge in [-0.2, -0.15) is 0 Å². The monoisotopic (exact) mass is 271 g/mol. The zero-order valence-corrected chi connectivity index (χ0v) is 11.8. The highest BCUT2D eigenvalue weighted by molar-refractivity contribution is 5.85. The quantitative estimate of drug-likeness (QED) is 0.901. The molecule has 3 heterocycles. The molecule has 106 valence electrons. The zero-order valence-electron chi connectivity index (χ0n) is 11.8. The second kappa shape index (κ2) is 4.85. The Bertz CT molecular complexity index is 539. The maximum Gasteiger partial charge on any atom is 0.140 e. The first-order valence-electron chi connectivity index (χ1n) is 7.80. The molecular weight excluding hydrogens is 250 g/mol. The van der Waals surface area contributed by atoms with E-state index < -0.39 is 0 Å². The van der Waals surface area contributed by atoms with Crippen molar-refractivity contribution >= 4 is 11.6 Å².